The molecule has 0 amide bonds. The molecule has 0 aliphatic heterocycles. The van der Waals surface area contributed by atoms with Crippen molar-refractivity contribution in [2.45, 2.75) is 74.3 Å². The summed E-state index contributed by atoms with van der Waals surface area (Å²) >= 11 is 0. The van der Waals surface area contributed by atoms with Gasteiger partial charge < -0.3 is 14.2 Å². The molecule has 0 aliphatic rings. The monoisotopic (exact) mass is 378 g/mol. The Balaban J connectivity index is 2.81. The lowest BCUT2D eigenvalue weighted by atomic mass is 9.69. The first-order valence-corrected chi connectivity index (χ1v) is 9.35. The minimum absolute atomic E-state index is 0.00313. The molecule has 1 aromatic rings. The normalized spacial score (nSPS) is 14.4. The third kappa shape index (κ3) is 7.61. The van der Waals surface area contributed by atoms with Crippen LogP contribution < -0.4 is 9.47 Å². The van der Waals surface area contributed by atoms with Crippen LogP contribution in [0.2, 0.25) is 0 Å². The van der Waals surface area contributed by atoms with Crippen LogP contribution in [0.3, 0.4) is 0 Å². The summed E-state index contributed by atoms with van der Waals surface area (Å²) in [5.41, 5.74) is -1.21. The Morgan fingerprint density at radius 3 is 1.67 bits per heavy atom. The van der Waals surface area contributed by atoms with E-state index in [9.17, 15) is 9.59 Å². The molecule has 0 heterocycles. The highest BCUT2D eigenvalue weighted by Crippen LogP contribution is 2.40. The fourth-order valence-corrected chi connectivity index (χ4v) is 2.78. The number of hydrogen-bond donors (Lipinski definition) is 0. The van der Waals surface area contributed by atoms with Gasteiger partial charge in [-0.1, -0.05) is 34.6 Å². The van der Waals surface area contributed by atoms with Gasteiger partial charge in [-0.25, -0.2) is 4.79 Å². The lowest BCUT2D eigenvalue weighted by Gasteiger charge is -2.36. The van der Waals surface area contributed by atoms with Gasteiger partial charge in [-0.2, -0.15) is 0 Å². The van der Waals surface area contributed by atoms with Crippen LogP contribution in [0.15, 0.2) is 24.3 Å². The van der Waals surface area contributed by atoms with Crippen molar-refractivity contribution in [2.24, 2.45) is 16.7 Å². The zero-order valence-corrected chi connectivity index (χ0v) is 18.1. The van der Waals surface area contributed by atoms with E-state index in [4.69, 9.17) is 14.2 Å². The second-order valence-electron chi connectivity index (χ2n) is 9.74. The molecule has 0 aromatic heterocycles. The summed E-state index contributed by atoms with van der Waals surface area (Å²) in [6.45, 7) is 17.7. The second kappa shape index (κ2) is 8.32. The van der Waals surface area contributed by atoms with Gasteiger partial charge in [0.1, 0.15) is 17.1 Å². The first kappa shape index (κ1) is 23.0. The van der Waals surface area contributed by atoms with E-state index in [-0.39, 0.29) is 17.3 Å². The van der Waals surface area contributed by atoms with E-state index in [0.29, 0.717) is 11.5 Å². The van der Waals surface area contributed by atoms with Crippen molar-refractivity contribution < 1.29 is 23.8 Å². The van der Waals surface area contributed by atoms with Gasteiger partial charge >= 0.3 is 12.1 Å². The summed E-state index contributed by atoms with van der Waals surface area (Å²) in [5, 5.41) is 0. The molecule has 0 aliphatic carbocycles. The first-order valence-electron chi connectivity index (χ1n) is 9.35. The SMILES string of the molecule is CC(C)C(C)(CC(C)(C)C)C(=O)Oc1ccc(OC(=O)OC(C)(C)C)cc1. The highest BCUT2D eigenvalue weighted by Gasteiger charge is 2.41. The predicted molar refractivity (Wildman–Crippen MR) is 106 cm³/mol. The average molecular weight is 379 g/mol. The molecule has 1 aromatic carbocycles. The van der Waals surface area contributed by atoms with E-state index < -0.39 is 17.2 Å². The summed E-state index contributed by atoms with van der Waals surface area (Å²) in [7, 11) is 0. The van der Waals surface area contributed by atoms with Crippen LogP contribution in [0.4, 0.5) is 4.79 Å². The smallest absolute Gasteiger partial charge is 0.428 e. The molecule has 0 saturated heterocycles. The van der Waals surface area contributed by atoms with E-state index in [1.54, 1.807) is 45.0 Å². The molecule has 0 spiro atoms. The molecular weight excluding hydrogens is 344 g/mol. The highest BCUT2D eigenvalue weighted by atomic mass is 16.7. The fraction of sp³-hybridized carbons (Fsp3) is 0.636. The summed E-state index contributed by atoms with van der Waals surface area (Å²) in [4.78, 5) is 24.5. The number of carbonyl (C=O) groups is 2. The molecule has 1 unspecified atom stereocenters. The Kier molecular flexibility index (Phi) is 7.09. The minimum atomic E-state index is -0.773. The van der Waals surface area contributed by atoms with Gasteiger partial charge in [-0.05, 0) is 69.7 Å². The molecule has 0 bridgehead atoms. The number of esters is 1. The van der Waals surface area contributed by atoms with Crippen LogP contribution in [0, 0.1) is 16.7 Å². The van der Waals surface area contributed by atoms with Crippen molar-refractivity contribution in [3.63, 3.8) is 0 Å². The van der Waals surface area contributed by atoms with Gasteiger partial charge in [-0.3, -0.25) is 4.79 Å². The molecule has 1 atom stereocenters. The van der Waals surface area contributed by atoms with E-state index >= 15 is 0 Å². The van der Waals surface area contributed by atoms with Crippen LogP contribution in [0.25, 0.3) is 0 Å². The third-order valence-corrected chi connectivity index (χ3v) is 4.26. The van der Waals surface area contributed by atoms with E-state index in [1.165, 1.54) is 0 Å². The quantitative estimate of drug-likeness (QED) is 0.357. The van der Waals surface area contributed by atoms with Crippen LogP contribution >= 0.6 is 0 Å². The number of carbonyl (C=O) groups excluding carboxylic acids is 2. The molecule has 27 heavy (non-hydrogen) atoms. The maximum Gasteiger partial charge on any atom is 0.514 e. The number of rotatable bonds is 5. The fourth-order valence-electron chi connectivity index (χ4n) is 2.78. The Morgan fingerprint density at radius 2 is 1.30 bits per heavy atom. The molecule has 0 radical (unpaired) electrons. The van der Waals surface area contributed by atoms with Crippen LogP contribution in [0.5, 0.6) is 11.5 Å². The predicted octanol–water partition coefficient (Wildman–Crippen LogP) is 6.00. The van der Waals surface area contributed by atoms with E-state index in [1.807, 2.05) is 20.8 Å². The zero-order valence-electron chi connectivity index (χ0n) is 18.1. The van der Waals surface area contributed by atoms with E-state index in [0.717, 1.165) is 6.42 Å². The molecule has 5 nitrogen and oxygen atoms in total. The lowest BCUT2D eigenvalue weighted by Crippen LogP contribution is -2.40. The first-order chi connectivity index (χ1) is 12.1. The lowest BCUT2D eigenvalue weighted by molar-refractivity contribution is -0.149. The molecule has 0 N–H and O–H groups in total. The maximum atomic E-state index is 12.8. The largest absolute Gasteiger partial charge is 0.514 e. The maximum absolute atomic E-state index is 12.8. The van der Waals surface area contributed by atoms with Gasteiger partial charge in [0.05, 0.1) is 5.41 Å². The summed E-state index contributed by atoms with van der Waals surface area (Å²) in [6, 6.07) is 6.36. The standard InChI is InChI=1S/C22H34O5/c1-15(2)22(9,14-20(3,4)5)18(23)25-16-10-12-17(13-11-16)26-19(24)27-21(6,7)8/h10-13,15H,14H2,1-9H3. The van der Waals surface area contributed by atoms with Crippen LogP contribution in [-0.2, 0) is 9.53 Å². The van der Waals surface area contributed by atoms with Crippen molar-refractivity contribution in [1.82, 2.24) is 0 Å². The molecular formula is C22H34O5. The number of benzene rings is 1. The van der Waals surface area contributed by atoms with Gasteiger partial charge in [0.25, 0.3) is 0 Å². The van der Waals surface area contributed by atoms with Gasteiger partial charge in [-0.15, -0.1) is 0 Å². The summed E-state index contributed by atoms with van der Waals surface area (Å²) in [6.07, 6.45) is -0.0547. The topological polar surface area (TPSA) is 61.8 Å². The number of hydrogen-bond acceptors (Lipinski definition) is 5. The van der Waals surface area contributed by atoms with Crippen molar-refractivity contribution in [2.75, 3.05) is 0 Å². The molecule has 0 saturated carbocycles. The molecule has 5 heteroatoms. The minimum Gasteiger partial charge on any atom is -0.428 e. The average Bonchev–Trinajstić information content (AvgIpc) is 2.45. The Labute approximate surface area is 163 Å². The van der Waals surface area contributed by atoms with Gasteiger partial charge in [0.15, 0.2) is 0 Å². The molecule has 1 rings (SSSR count). The third-order valence-electron chi connectivity index (χ3n) is 4.26. The second-order valence-corrected chi connectivity index (χ2v) is 9.74. The summed E-state index contributed by atoms with van der Waals surface area (Å²) < 4.78 is 15.8. The van der Waals surface area contributed by atoms with E-state index in [2.05, 4.69) is 20.8 Å². The Morgan fingerprint density at radius 1 is 0.852 bits per heavy atom. The van der Waals surface area contributed by atoms with Crippen LogP contribution in [0.1, 0.15) is 68.7 Å². The van der Waals surface area contributed by atoms with Crippen molar-refractivity contribution in [1.29, 1.82) is 0 Å². The van der Waals surface area contributed by atoms with Crippen molar-refractivity contribution in [3.8, 4) is 11.5 Å². The Hall–Kier alpha value is -2.04. The Bertz CT molecular complexity index is 647. The highest BCUT2D eigenvalue weighted by molar-refractivity contribution is 5.79. The molecule has 0 fully saturated rings. The zero-order chi connectivity index (χ0) is 21.0. The number of ether oxygens (including phenoxy) is 3. The summed E-state index contributed by atoms with van der Waals surface area (Å²) in [5.74, 6) is 0.620. The van der Waals surface area contributed by atoms with Crippen LogP contribution in [-0.4, -0.2) is 17.7 Å². The van der Waals surface area contributed by atoms with Crippen molar-refractivity contribution in [3.05, 3.63) is 24.3 Å². The van der Waals surface area contributed by atoms with Gasteiger partial charge in [0, 0.05) is 0 Å². The van der Waals surface area contributed by atoms with Crippen molar-refractivity contribution >= 4 is 12.1 Å². The van der Waals surface area contributed by atoms with Gasteiger partial charge in [0.2, 0.25) is 0 Å². The molecule has 152 valence electrons.